The van der Waals surface area contributed by atoms with Crippen LogP contribution in [-0.4, -0.2) is 27.2 Å². The van der Waals surface area contributed by atoms with Crippen molar-refractivity contribution in [1.82, 2.24) is 10.2 Å². The number of aliphatic carboxylic acids is 1. The number of carboxylic acids is 1. The standard InChI is InChI=1S/C11H10FN3O3/c12-6-1-2-8-7(5-6)11(15-14-8)13-9(16)3-4-10(17)18/h1-2,5H,3-4H2,(H,17,18)(H2,13,14,15,16). The summed E-state index contributed by atoms with van der Waals surface area (Å²) in [4.78, 5) is 21.7. The molecule has 1 amide bonds. The Morgan fingerprint density at radius 3 is 2.89 bits per heavy atom. The number of aromatic amines is 1. The summed E-state index contributed by atoms with van der Waals surface area (Å²) in [5, 5.41) is 17.8. The third-order valence-electron chi connectivity index (χ3n) is 2.35. The number of hydrogen-bond acceptors (Lipinski definition) is 3. The van der Waals surface area contributed by atoms with Gasteiger partial charge in [0.25, 0.3) is 0 Å². The molecule has 7 heteroatoms. The van der Waals surface area contributed by atoms with Crippen LogP contribution >= 0.6 is 0 Å². The van der Waals surface area contributed by atoms with Crippen LogP contribution in [0.15, 0.2) is 18.2 Å². The lowest BCUT2D eigenvalue weighted by Crippen LogP contribution is -2.13. The Morgan fingerprint density at radius 2 is 2.17 bits per heavy atom. The number of benzene rings is 1. The van der Waals surface area contributed by atoms with Crippen LogP contribution in [0.5, 0.6) is 0 Å². The van der Waals surface area contributed by atoms with Crippen LogP contribution in [0.2, 0.25) is 0 Å². The third-order valence-corrected chi connectivity index (χ3v) is 2.35. The number of hydrogen-bond donors (Lipinski definition) is 3. The maximum atomic E-state index is 13.1. The number of fused-ring (bicyclic) bond motifs is 1. The van der Waals surface area contributed by atoms with Gasteiger partial charge in [-0.2, -0.15) is 5.10 Å². The average Bonchev–Trinajstić information content (AvgIpc) is 2.69. The number of carbonyl (C=O) groups excluding carboxylic acids is 1. The molecule has 0 unspecified atom stereocenters. The number of aromatic nitrogens is 2. The molecule has 0 saturated carbocycles. The molecule has 0 aliphatic heterocycles. The van der Waals surface area contributed by atoms with Gasteiger partial charge in [-0.3, -0.25) is 14.7 Å². The van der Waals surface area contributed by atoms with Crippen LogP contribution in [0, 0.1) is 5.82 Å². The van der Waals surface area contributed by atoms with Crippen LogP contribution in [0.25, 0.3) is 10.9 Å². The molecule has 0 atom stereocenters. The van der Waals surface area contributed by atoms with Gasteiger partial charge in [-0.25, -0.2) is 4.39 Å². The third kappa shape index (κ3) is 2.62. The Kier molecular flexibility index (Phi) is 3.22. The lowest BCUT2D eigenvalue weighted by atomic mass is 10.2. The predicted molar refractivity (Wildman–Crippen MR) is 61.6 cm³/mol. The Bertz CT molecular complexity index is 609. The van der Waals surface area contributed by atoms with E-state index in [9.17, 15) is 14.0 Å². The maximum absolute atomic E-state index is 13.1. The number of carbonyl (C=O) groups is 2. The van der Waals surface area contributed by atoms with Gasteiger partial charge in [0.15, 0.2) is 5.82 Å². The highest BCUT2D eigenvalue weighted by Crippen LogP contribution is 2.21. The molecule has 1 aromatic heterocycles. The fourth-order valence-corrected chi connectivity index (χ4v) is 1.50. The summed E-state index contributed by atoms with van der Waals surface area (Å²) >= 11 is 0. The van der Waals surface area contributed by atoms with Crippen molar-refractivity contribution in [2.75, 3.05) is 5.32 Å². The lowest BCUT2D eigenvalue weighted by molar-refractivity contribution is -0.138. The summed E-state index contributed by atoms with van der Waals surface area (Å²) < 4.78 is 13.1. The molecule has 3 N–H and O–H groups in total. The minimum absolute atomic E-state index is 0.154. The number of nitrogens with zero attached hydrogens (tertiary/aromatic N) is 1. The summed E-state index contributed by atoms with van der Waals surface area (Å²) in [6, 6.07) is 4.02. The zero-order chi connectivity index (χ0) is 13.1. The molecule has 0 bridgehead atoms. The van der Waals surface area contributed by atoms with Crippen molar-refractivity contribution in [2.24, 2.45) is 0 Å². The first-order valence-electron chi connectivity index (χ1n) is 5.21. The van der Waals surface area contributed by atoms with Crippen molar-refractivity contribution in [3.05, 3.63) is 24.0 Å². The molecule has 2 aromatic rings. The fourth-order valence-electron chi connectivity index (χ4n) is 1.50. The van der Waals surface area contributed by atoms with E-state index in [4.69, 9.17) is 5.11 Å². The normalized spacial score (nSPS) is 10.5. The van der Waals surface area contributed by atoms with E-state index in [2.05, 4.69) is 15.5 Å². The second kappa shape index (κ2) is 4.82. The number of rotatable bonds is 4. The van der Waals surface area contributed by atoms with Crippen LogP contribution < -0.4 is 5.32 Å². The molecule has 94 valence electrons. The van der Waals surface area contributed by atoms with Gasteiger partial charge in [0.1, 0.15) is 5.82 Å². The van der Waals surface area contributed by atoms with Crippen molar-refractivity contribution in [3.8, 4) is 0 Å². The summed E-state index contributed by atoms with van der Waals surface area (Å²) in [6.07, 6.45) is -0.415. The van der Waals surface area contributed by atoms with Gasteiger partial charge in [0.05, 0.1) is 11.9 Å². The van der Waals surface area contributed by atoms with E-state index in [1.54, 1.807) is 0 Å². The van der Waals surface area contributed by atoms with Crippen molar-refractivity contribution in [1.29, 1.82) is 0 Å². The predicted octanol–water partition coefficient (Wildman–Crippen LogP) is 1.51. The van der Waals surface area contributed by atoms with E-state index < -0.39 is 17.7 Å². The Labute approximate surface area is 101 Å². The molecule has 0 radical (unpaired) electrons. The van der Waals surface area contributed by atoms with Gasteiger partial charge in [-0.15, -0.1) is 0 Å². The van der Waals surface area contributed by atoms with Crippen molar-refractivity contribution in [2.45, 2.75) is 12.8 Å². The number of halogens is 1. The minimum Gasteiger partial charge on any atom is -0.481 e. The number of nitrogens with one attached hydrogen (secondary N) is 2. The average molecular weight is 251 g/mol. The summed E-state index contributed by atoms with van der Waals surface area (Å²) in [5.74, 6) is -1.78. The van der Waals surface area contributed by atoms with Crippen molar-refractivity contribution < 1.29 is 19.1 Å². The van der Waals surface area contributed by atoms with Crippen molar-refractivity contribution in [3.63, 3.8) is 0 Å². The van der Waals surface area contributed by atoms with Crippen LogP contribution in [0.3, 0.4) is 0 Å². The SMILES string of the molecule is O=C(O)CCC(=O)Nc1n[nH]c2ccc(F)cc12. The number of H-pyrrole nitrogens is 1. The van der Waals surface area contributed by atoms with Gasteiger partial charge in [-0.05, 0) is 18.2 Å². The first kappa shape index (κ1) is 12.0. The summed E-state index contributed by atoms with van der Waals surface area (Å²) in [6.45, 7) is 0. The van der Waals surface area contributed by atoms with E-state index >= 15 is 0 Å². The maximum Gasteiger partial charge on any atom is 0.303 e. The first-order valence-corrected chi connectivity index (χ1v) is 5.21. The van der Waals surface area contributed by atoms with Gasteiger partial charge in [0, 0.05) is 11.8 Å². The highest BCUT2D eigenvalue weighted by molar-refractivity contribution is 6.00. The molecule has 18 heavy (non-hydrogen) atoms. The molecule has 0 saturated heterocycles. The number of anilines is 1. The molecule has 0 spiro atoms. The van der Waals surface area contributed by atoms with Crippen LogP contribution in [-0.2, 0) is 9.59 Å². The Balaban J connectivity index is 2.14. The van der Waals surface area contributed by atoms with Gasteiger partial charge < -0.3 is 10.4 Å². The second-order valence-electron chi connectivity index (χ2n) is 3.70. The van der Waals surface area contributed by atoms with E-state index in [-0.39, 0.29) is 18.7 Å². The van der Waals surface area contributed by atoms with E-state index in [1.165, 1.54) is 18.2 Å². The molecule has 1 heterocycles. The lowest BCUT2D eigenvalue weighted by Gasteiger charge is -2.00. The van der Waals surface area contributed by atoms with Crippen LogP contribution in [0.1, 0.15) is 12.8 Å². The van der Waals surface area contributed by atoms with Gasteiger partial charge in [-0.1, -0.05) is 0 Å². The monoisotopic (exact) mass is 251 g/mol. The quantitative estimate of drug-likeness (QED) is 0.767. The summed E-state index contributed by atoms with van der Waals surface area (Å²) in [7, 11) is 0. The molecule has 0 aliphatic carbocycles. The molecular formula is C11H10FN3O3. The highest BCUT2D eigenvalue weighted by atomic mass is 19.1. The largest absolute Gasteiger partial charge is 0.481 e. The number of amides is 1. The zero-order valence-corrected chi connectivity index (χ0v) is 9.24. The first-order chi connectivity index (χ1) is 8.56. The van der Waals surface area contributed by atoms with E-state index in [0.29, 0.717) is 10.9 Å². The molecule has 1 aromatic carbocycles. The van der Waals surface area contributed by atoms with Crippen molar-refractivity contribution >= 4 is 28.6 Å². The smallest absolute Gasteiger partial charge is 0.303 e. The summed E-state index contributed by atoms with van der Waals surface area (Å²) in [5.41, 5.74) is 0.588. The zero-order valence-electron chi connectivity index (χ0n) is 9.24. The second-order valence-corrected chi connectivity index (χ2v) is 3.70. The molecule has 2 rings (SSSR count). The topological polar surface area (TPSA) is 95.1 Å². The molecule has 0 fully saturated rings. The molecule has 6 nitrogen and oxygen atoms in total. The highest BCUT2D eigenvalue weighted by Gasteiger charge is 2.11. The molecular weight excluding hydrogens is 241 g/mol. The number of carboxylic acid groups (broad SMARTS) is 1. The van der Waals surface area contributed by atoms with Gasteiger partial charge >= 0.3 is 5.97 Å². The minimum atomic E-state index is -1.05. The van der Waals surface area contributed by atoms with Crippen LogP contribution in [0.4, 0.5) is 10.2 Å². The van der Waals surface area contributed by atoms with E-state index in [1.807, 2.05) is 0 Å². The fraction of sp³-hybridized carbons (Fsp3) is 0.182. The molecule has 0 aliphatic rings. The Morgan fingerprint density at radius 1 is 1.39 bits per heavy atom. The van der Waals surface area contributed by atoms with Gasteiger partial charge in [0.2, 0.25) is 5.91 Å². The van der Waals surface area contributed by atoms with E-state index in [0.717, 1.165) is 0 Å². The Hall–Kier alpha value is -2.44.